The largest absolute Gasteiger partial charge is 0.456 e. The van der Waals surface area contributed by atoms with Gasteiger partial charge in [0.05, 0.1) is 11.2 Å². The van der Waals surface area contributed by atoms with Crippen LogP contribution >= 0.6 is 0 Å². The van der Waals surface area contributed by atoms with Crippen LogP contribution in [0.25, 0.3) is 44.1 Å². The molecule has 2 heterocycles. The predicted molar refractivity (Wildman–Crippen MR) is 125 cm³/mol. The molecule has 1 aliphatic rings. The van der Waals surface area contributed by atoms with Crippen LogP contribution in [-0.2, 0) is 5.41 Å². The molecule has 0 N–H and O–H groups in total. The summed E-state index contributed by atoms with van der Waals surface area (Å²) in [7, 11) is 0. The van der Waals surface area contributed by atoms with E-state index >= 15 is 0 Å². The van der Waals surface area contributed by atoms with Crippen molar-refractivity contribution in [3.63, 3.8) is 0 Å². The molecule has 0 radical (unpaired) electrons. The van der Waals surface area contributed by atoms with Crippen LogP contribution in [0.3, 0.4) is 0 Å². The van der Waals surface area contributed by atoms with E-state index in [-0.39, 0.29) is 5.41 Å². The Balaban J connectivity index is 1.86. The molecule has 0 amide bonds. The minimum Gasteiger partial charge on any atom is -0.456 e. The first-order chi connectivity index (χ1) is 14.4. The molecule has 0 bridgehead atoms. The van der Waals surface area contributed by atoms with E-state index in [4.69, 9.17) is 9.40 Å². The first-order valence-electron chi connectivity index (χ1n) is 10.8. The van der Waals surface area contributed by atoms with Gasteiger partial charge in [-0.15, -0.1) is 0 Å². The molecule has 6 rings (SSSR count). The molecule has 148 valence electrons. The Morgan fingerprint density at radius 3 is 2.53 bits per heavy atom. The molecule has 2 heteroatoms. The summed E-state index contributed by atoms with van der Waals surface area (Å²) in [5.41, 5.74) is 10.2. The maximum absolute atomic E-state index is 6.49. The van der Waals surface area contributed by atoms with Crippen LogP contribution in [0, 0.1) is 6.92 Å². The molecule has 0 saturated carbocycles. The fourth-order valence-electron chi connectivity index (χ4n) is 5.24. The van der Waals surface area contributed by atoms with Crippen molar-refractivity contribution >= 4 is 32.8 Å². The van der Waals surface area contributed by atoms with Crippen LogP contribution in [-0.4, -0.2) is 4.98 Å². The number of aryl methyl sites for hydroxylation is 1. The average molecular weight is 392 g/mol. The van der Waals surface area contributed by atoms with Crippen molar-refractivity contribution < 1.29 is 4.42 Å². The van der Waals surface area contributed by atoms with Gasteiger partial charge in [-0.3, -0.25) is 0 Å². The second-order valence-electron chi connectivity index (χ2n) is 9.55. The monoisotopic (exact) mass is 391 g/mol. The molecule has 2 aromatic heterocycles. The minimum absolute atomic E-state index is 0.191. The third-order valence-corrected chi connectivity index (χ3v) is 6.87. The quantitative estimate of drug-likeness (QED) is 0.290. The van der Waals surface area contributed by atoms with Crippen LogP contribution < -0.4 is 0 Å². The van der Waals surface area contributed by atoms with Crippen molar-refractivity contribution in [3.8, 4) is 11.3 Å². The molecular formula is C28H25NO. The second-order valence-corrected chi connectivity index (χ2v) is 9.55. The van der Waals surface area contributed by atoms with Crippen molar-refractivity contribution in [2.45, 2.75) is 46.0 Å². The first kappa shape index (κ1) is 17.7. The molecule has 0 saturated heterocycles. The Hall–Kier alpha value is -3.13. The first-order valence-corrected chi connectivity index (χ1v) is 10.8. The second kappa shape index (κ2) is 5.72. The van der Waals surface area contributed by atoms with Crippen LogP contribution in [0.4, 0.5) is 0 Å². The normalized spacial score (nSPS) is 14.7. The Labute approximate surface area is 176 Å². The summed E-state index contributed by atoms with van der Waals surface area (Å²) in [5.74, 6) is 0.403. The molecule has 0 atom stereocenters. The molecule has 0 fully saturated rings. The SMILES string of the molecule is Cc1ccc2nc3c(cc2c1)C(C)(C)c1ccc(C(C)C)c2oc4cccc-3c4c12. The van der Waals surface area contributed by atoms with E-state index in [0.717, 1.165) is 22.4 Å². The number of benzene rings is 3. The molecule has 0 unspecified atom stereocenters. The highest BCUT2D eigenvalue weighted by molar-refractivity contribution is 6.16. The summed E-state index contributed by atoms with van der Waals surface area (Å²) < 4.78 is 6.49. The van der Waals surface area contributed by atoms with E-state index in [9.17, 15) is 0 Å². The number of fused-ring (bicyclic) bond motifs is 3. The summed E-state index contributed by atoms with van der Waals surface area (Å²) in [4.78, 5) is 5.20. The molecule has 30 heavy (non-hydrogen) atoms. The van der Waals surface area contributed by atoms with Gasteiger partial charge in [-0.2, -0.15) is 0 Å². The van der Waals surface area contributed by atoms with Gasteiger partial charge in [0.15, 0.2) is 0 Å². The van der Waals surface area contributed by atoms with Crippen LogP contribution in [0.1, 0.15) is 55.9 Å². The number of nitrogens with zero attached hydrogens (tertiary/aromatic N) is 1. The molecule has 0 aliphatic heterocycles. The summed E-state index contributed by atoms with van der Waals surface area (Å²) in [5, 5.41) is 3.67. The summed E-state index contributed by atoms with van der Waals surface area (Å²) in [6.07, 6.45) is 0. The Morgan fingerprint density at radius 1 is 0.900 bits per heavy atom. The number of furan rings is 1. The zero-order valence-corrected chi connectivity index (χ0v) is 18.1. The third-order valence-electron chi connectivity index (χ3n) is 6.87. The van der Waals surface area contributed by atoms with Gasteiger partial charge in [0.25, 0.3) is 0 Å². The van der Waals surface area contributed by atoms with E-state index in [1.165, 1.54) is 44.0 Å². The number of hydrogen-bond acceptors (Lipinski definition) is 2. The highest BCUT2D eigenvalue weighted by Crippen LogP contribution is 2.50. The van der Waals surface area contributed by atoms with Crippen molar-refractivity contribution in [2.24, 2.45) is 0 Å². The zero-order chi connectivity index (χ0) is 20.8. The van der Waals surface area contributed by atoms with Gasteiger partial charge < -0.3 is 4.42 Å². The van der Waals surface area contributed by atoms with Gasteiger partial charge >= 0.3 is 0 Å². The molecule has 3 aromatic carbocycles. The fourth-order valence-corrected chi connectivity index (χ4v) is 5.24. The lowest BCUT2D eigenvalue weighted by molar-refractivity contribution is 0.637. The Morgan fingerprint density at radius 2 is 1.73 bits per heavy atom. The Kier molecular flexibility index (Phi) is 3.38. The standard InChI is InChI=1S/C28H25NO/c1-15(2)18-10-11-20-25-24-19(7-6-8-23(24)30-27(18)25)26-21(28(20,4)5)14-17-13-16(3)9-12-22(17)29-26/h6-15H,1-5H3. The summed E-state index contributed by atoms with van der Waals surface area (Å²) in [6.45, 7) is 11.3. The van der Waals surface area contributed by atoms with E-state index in [1.54, 1.807) is 0 Å². The van der Waals surface area contributed by atoms with Crippen LogP contribution in [0.2, 0.25) is 0 Å². The van der Waals surface area contributed by atoms with E-state index in [2.05, 4.69) is 89.2 Å². The van der Waals surface area contributed by atoms with Gasteiger partial charge in [0, 0.05) is 27.1 Å². The zero-order valence-electron chi connectivity index (χ0n) is 18.1. The van der Waals surface area contributed by atoms with Gasteiger partial charge in [-0.25, -0.2) is 4.98 Å². The van der Waals surface area contributed by atoms with Gasteiger partial charge in [0.1, 0.15) is 11.2 Å². The highest BCUT2D eigenvalue weighted by Gasteiger charge is 2.35. The maximum atomic E-state index is 6.49. The highest BCUT2D eigenvalue weighted by atomic mass is 16.3. The number of aromatic nitrogens is 1. The van der Waals surface area contributed by atoms with Gasteiger partial charge in [-0.05, 0) is 53.8 Å². The van der Waals surface area contributed by atoms with Crippen molar-refractivity contribution in [1.29, 1.82) is 0 Å². The molecule has 1 aliphatic carbocycles. The number of pyridine rings is 1. The van der Waals surface area contributed by atoms with Crippen LogP contribution in [0.5, 0.6) is 0 Å². The lowest BCUT2D eigenvalue weighted by Crippen LogP contribution is -2.20. The van der Waals surface area contributed by atoms with Gasteiger partial charge in [-0.1, -0.05) is 63.6 Å². The van der Waals surface area contributed by atoms with Crippen molar-refractivity contribution in [2.75, 3.05) is 0 Å². The van der Waals surface area contributed by atoms with E-state index in [1.807, 2.05) is 0 Å². The predicted octanol–water partition coefficient (Wildman–Crippen LogP) is 7.87. The third kappa shape index (κ3) is 2.17. The summed E-state index contributed by atoms with van der Waals surface area (Å²) in [6, 6.07) is 19.8. The molecule has 2 nitrogen and oxygen atoms in total. The van der Waals surface area contributed by atoms with Crippen LogP contribution in [0.15, 0.2) is 59.0 Å². The number of rotatable bonds is 1. The molecular weight excluding hydrogens is 366 g/mol. The lowest BCUT2D eigenvalue weighted by Gasteiger charge is -2.28. The average Bonchev–Trinajstić information content (AvgIpc) is 3.08. The van der Waals surface area contributed by atoms with Gasteiger partial charge in [0.2, 0.25) is 0 Å². The van der Waals surface area contributed by atoms with Crippen molar-refractivity contribution in [3.05, 3.63) is 76.9 Å². The van der Waals surface area contributed by atoms with Crippen molar-refractivity contribution in [1.82, 2.24) is 4.98 Å². The topological polar surface area (TPSA) is 26.0 Å². The maximum Gasteiger partial charge on any atom is 0.139 e. The minimum atomic E-state index is -0.191. The molecule has 5 aromatic rings. The smallest absolute Gasteiger partial charge is 0.139 e. The fraction of sp³-hybridized carbons (Fsp3) is 0.250. The number of hydrogen-bond donors (Lipinski definition) is 0. The molecule has 0 spiro atoms. The van der Waals surface area contributed by atoms with E-state index in [0.29, 0.717) is 5.92 Å². The lowest BCUT2D eigenvalue weighted by atomic mass is 9.76. The summed E-state index contributed by atoms with van der Waals surface area (Å²) >= 11 is 0. The van der Waals surface area contributed by atoms with E-state index < -0.39 is 0 Å². The Bertz CT molecular complexity index is 1500.